The molecule has 0 aliphatic heterocycles. The number of nitrogens with zero attached hydrogens (tertiary/aromatic N) is 8. The molecule has 4 rings (SSSR count). The molecule has 4 aromatic heterocycles. The van der Waals surface area contributed by atoms with Gasteiger partial charge in [-0.05, 0) is 35.3 Å². The highest BCUT2D eigenvalue weighted by atomic mass is 32.2. The van der Waals surface area contributed by atoms with Crippen LogP contribution in [0.1, 0.15) is 125 Å². The standard InChI is InChI=1S/2C8H14N4O2S.2C8H13N3O2S/c1-5(2)6-3-11-7(12-8(6)9)4-15(10,13)14;1-5(2)6-3-7(9)12-8(11-6)4-15(10,13)14;1-6(2)7-3-10-8(11-4-7)5-14(9,12)13;1-6(2)7-3-4-10-8(11-7)5-14(9,12)13/h2*3,5H,4H2,1-2H3,(H2,9,11,12)(H2,10,13,14);2*3-4,6H,5H2,1-2H3,(H2,9,12,13). The largest absolute Gasteiger partial charge is 0.384 e. The Kier molecular flexibility index (Phi) is 19.6. The van der Waals surface area contributed by atoms with Gasteiger partial charge in [-0.3, -0.25) is 0 Å². The molecule has 26 heteroatoms. The normalized spacial score (nSPS) is 15.3. The van der Waals surface area contributed by atoms with Gasteiger partial charge in [-0.2, -0.15) is 0 Å². The molecule has 4 heterocycles. The van der Waals surface area contributed by atoms with Crippen molar-refractivity contribution in [2.75, 3.05) is 11.5 Å². The smallest absolute Gasteiger partial charge is 0.165 e. The molecule has 0 radical (unpaired) electrons. The van der Waals surface area contributed by atoms with Gasteiger partial charge in [0, 0.05) is 47.8 Å². The van der Waals surface area contributed by atoms with Crippen molar-refractivity contribution in [1.82, 2.24) is 39.9 Å². The summed E-state index contributed by atoms with van der Waals surface area (Å²) in [7, 11) is -14.3. The summed E-state index contributed by atoms with van der Waals surface area (Å²) < 4.78 is 106. The number of nitrogens with one attached hydrogen (secondary N) is 4. The van der Waals surface area contributed by atoms with Crippen LogP contribution in [0.3, 0.4) is 0 Å². The average molecular weight is 891 g/mol. The Morgan fingerprint density at radius 3 is 1.36 bits per heavy atom. The Labute approximate surface area is 340 Å². The van der Waals surface area contributed by atoms with Crippen molar-refractivity contribution < 1.29 is 35.0 Å². The molecular formula is C32H54N14O8S4. The minimum absolute atomic E-state index is 0.124. The SMILES string of the molecule is CC(C)c1cc(N)nc(CS(=N)(=O)O)n1.CC(C)c1ccnc(CS(=N)(=O)O)n1.CC(C)c1cnc(CS(=N)(=O)O)nc1.CC(C)c1cnc(CS(=N)(=O)O)nc1N. The number of anilines is 2. The van der Waals surface area contributed by atoms with Crippen molar-refractivity contribution in [3.63, 3.8) is 0 Å². The lowest BCUT2D eigenvalue weighted by Crippen LogP contribution is -2.09. The van der Waals surface area contributed by atoms with Crippen molar-refractivity contribution in [3.8, 4) is 0 Å². The first-order valence-electron chi connectivity index (χ1n) is 17.2. The maximum atomic E-state index is 10.9. The van der Waals surface area contributed by atoms with Crippen LogP contribution in [0, 0.1) is 19.1 Å². The molecule has 4 atom stereocenters. The van der Waals surface area contributed by atoms with Gasteiger partial charge in [-0.25, -0.2) is 75.8 Å². The summed E-state index contributed by atoms with van der Waals surface area (Å²) in [6.07, 6.45) is 6.33. The predicted octanol–water partition coefficient (Wildman–Crippen LogP) is 5.64. The topological polar surface area (TPSA) is 400 Å². The second kappa shape index (κ2) is 22.1. The number of nitrogen functional groups attached to an aromatic ring is 2. The minimum Gasteiger partial charge on any atom is -0.384 e. The van der Waals surface area contributed by atoms with Gasteiger partial charge in [-0.15, -0.1) is 0 Å². The van der Waals surface area contributed by atoms with Crippen molar-refractivity contribution in [2.45, 2.75) is 102 Å². The lowest BCUT2D eigenvalue weighted by Gasteiger charge is -2.08. The predicted molar refractivity (Wildman–Crippen MR) is 222 cm³/mol. The van der Waals surface area contributed by atoms with Crippen molar-refractivity contribution >= 4 is 51.7 Å². The lowest BCUT2D eigenvalue weighted by molar-refractivity contribution is 0.543. The van der Waals surface area contributed by atoms with Crippen LogP contribution in [0.2, 0.25) is 0 Å². The first-order valence-corrected chi connectivity index (χ1v) is 23.9. The third-order valence-electron chi connectivity index (χ3n) is 6.93. The maximum Gasteiger partial charge on any atom is 0.165 e. The van der Waals surface area contributed by atoms with E-state index >= 15 is 0 Å². The van der Waals surface area contributed by atoms with E-state index in [1.165, 1.54) is 6.20 Å². The lowest BCUT2D eigenvalue weighted by atomic mass is 10.1. The third kappa shape index (κ3) is 22.5. The molecule has 12 N–H and O–H groups in total. The molecule has 0 spiro atoms. The molecule has 0 amide bonds. The average Bonchev–Trinajstić information content (AvgIpc) is 3.02. The van der Waals surface area contributed by atoms with Gasteiger partial charge in [0.2, 0.25) is 0 Å². The highest BCUT2D eigenvalue weighted by Gasteiger charge is 2.13. The van der Waals surface area contributed by atoms with E-state index in [9.17, 15) is 16.8 Å². The fraction of sp³-hybridized carbons (Fsp3) is 0.500. The summed E-state index contributed by atoms with van der Waals surface area (Å²) >= 11 is 0. The van der Waals surface area contributed by atoms with Crippen molar-refractivity contribution in [3.05, 3.63) is 82.7 Å². The molecule has 0 fully saturated rings. The van der Waals surface area contributed by atoms with Gasteiger partial charge in [0.15, 0.2) is 40.0 Å². The van der Waals surface area contributed by atoms with E-state index in [1.807, 2.05) is 55.4 Å². The molecule has 22 nitrogen and oxygen atoms in total. The molecule has 4 unspecified atom stereocenters. The molecule has 58 heavy (non-hydrogen) atoms. The minimum atomic E-state index is -3.62. The van der Waals surface area contributed by atoms with Crippen molar-refractivity contribution in [2.24, 2.45) is 0 Å². The number of rotatable bonds is 12. The van der Waals surface area contributed by atoms with E-state index in [1.54, 1.807) is 30.7 Å². The first-order chi connectivity index (χ1) is 26.3. The van der Waals surface area contributed by atoms with Crippen molar-refractivity contribution in [1.29, 1.82) is 19.1 Å². The second-order valence-corrected chi connectivity index (χ2v) is 20.1. The molecule has 0 saturated carbocycles. The Bertz CT molecular complexity index is 2400. The molecular weight excluding hydrogens is 837 g/mol. The summed E-state index contributed by atoms with van der Waals surface area (Å²) in [5.41, 5.74) is 14.5. The molecule has 4 aromatic rings. The van der Waals surface area contributed by atoms with E-state index in [-0.39, 0.29) is 58.4 Å². The summed E-state index contributed by atoms with van der Waals surface area (Å²) in [5.74, 6) is 0.841. The van der Waals surface area contributed by atoms with Crippen LogP contribution in [0.25, 0.3) is 0 Å². The molecule has 0 aliphatic rings. The maximum absolute atomic E-state index is 10.9. The third-order valence-corrected chi connectivity index (χ3v) is 9.53. The Hall–Kier alpha value is -4.44. The number of hydrogen-bond donors (Lipinski definition) is 10. The second-order valence-electron chi connectivity index (χ2n) is 13.8. The summed E-state index contributed by atoms with van der Waals surface area (Å²) in [6.45, 7) is 15.7. The molecule has 0 bridgehead atoms. The highest BCUT2D eigenvalue weighted by Crippen LogP contribution is 2.19. The van der Waals surface area contributed by atoms with Crippen LogP contribution in [0.15, 0.2) is 36.9 Å². The van der Waals surface area contributed by atoms with Crippen LogP contribution >= 0.6 is 0 Å². The molecule has 0 aromatic carbocycles. The Balaban J connectivity index is 0.000000387. The number of hydrogen-bond acceptors (Lipinski definition) is 18. The van der Waals surface area contributed by atoms with Gasteiger partial charge in [0.05, 0.1) is 0 Å². The van der Waals surface area contributed by atoms with Crippen LogP contribution in [-0.2, 0) is 63.1 Å². The summed E-state index contributed by atoms with van der Waals surface area (Å²) in [5, 5.41) is 0. The highest BCUT2D eigenvalue weighted by molar-refractivity contribution is 7.86. The quantitative estimate of drug-likeness (QED) is 0.0821. The monoisotopic (exact) mass is 890 g/mol. The van der Waals surface area contributed by atoms with Gasteiger partial charge >= 0.3 is 0 Å². The Morgan fingerprint density at radius 2 is 0.948 bits per heavy atom. The van der Waals surface area contributed by atoms with Crippen LogP contribution in [0.4, 0.5) is 11.6 Å². The Morgan fingerprint density at radius 1 is 0.534 bits per heavy atom. The number of aromatic nitrogens is 8. The fourth-order valence-corrected chi connectivity index (χ4v) is 6.06. The zero-order valence-electron chi connectivity index (χ0n) is 33.4. The molecule has 324 valence electrons. The van der Waals surface area contributed by atoms with E-state index < -0.39 is 51.5 Å². The summed E-state index contributed by atoms with van der Waals surface area (Å²) in [4.78, 5) is 31.4. The number of nitrogens with two attached hydrogens (primary N) is 2. The van der Waals surface area contributed by atoms with E-state index in [2.05, 4.69) is 39.9 Å². The van der Waals surface area contributed by atoms with E-state index in [0.29, 0.717) is 17.4 Å². The van der Waals surface area contributed by atoms with Gasteiger partial charge in [0.25, 0.3) is 0 Å². The van der Waals surface area contributed by atoms with E-state index in [0.717, 1.165) is 16.8 Å². The zero-order valence-corrected chi connectivity index (χ0v) is 36.7. The fourth-order valence-electron chi connectivity index (χ4n) is 4.10. The molecule has 0 aliphatic carbocycles. The van der Waals surface area contributed by atoms with Gasteiger partial charge in [0.1, 0.15) is 57.9 Å². The van der Waals surface area contributed by atoms with Crippen LogP contribution in [-0.4, -0.2) is 74.9 Å². The summed E-state index contributed by atoms with van der Waals surface area (Å²) in [6, 6.07) is 3.38. The zero-order chi connectivity index (χ0) is 44.8. The van der Waals surface area contributed by atoms with Crippen LogP contribution in [0.5, 0.6) is 0 Å². The van der Waals surface area contributed by atoms with Crippen LogP contribution < -0.4 is 11.5 Å². The van der Waals surface area contributed by atoms with Gasteiger partial charge in [-0.1, -0.05) is 55.4 Å². The first kappa shape index (κ1) is 51.6. The van der Waals surface area contributed by atoms with E-state index in [4.69, 9.17) is 48.8 Å². The molecule has 0 saturated heterocycles. The van der Waals surface area contributed by atoms with Gasteiger partial charge < -0.3 is 29.7 Å².